The van der Waals surface area contributed by atoms with Gasteiger partial charge in [-0.15, -0.1) is 0 Å². The summed E-state index contributed by atoms with van der Waals surface area (Å²) in [5.41, 5.74) is 3.85. The van der Waals surface area contributed by atoms with Crippen molar-refractivity contribution in [3.63, 3.8) is 0 Å². The number of nitrogens with zero attached hydrogens (tertiary/aromatic N) is 3. The van der Waals surface area contributed by atoms with E-state index in [0.717, 1.165) is 16.5 Å². The average Bonchev–Trinajstić information content (AvgIpc) is 3.34. The van der Waals surface area contributed by atoms with E-state index in [1.54, 1.807) is 19.1 Å². The van der Waals surface area contributed by atoms with Crippen LogP contribution in [-0.2, 0) is 0 Å². The van der Waals surface area contributed by atoms with Crippen molar-refractivity contribution in [3.05, 3.63) is 54.2 Å². The number of carbonyl (C=O) groups is 2. The quantitative estimate of drug-likeness (QED) is 0.499. The minimum Gasteiger partial charge on any atom is -0.454 e. The molecule has 0 aliphatic carbocycles. The van der Waals surface area contributed by atoms with Crippen LogP contribution >= 0.6 is 0 Å². The average molecular weight is 383 g/mol. The monoisotopic (exact) mass is 383 g/mol. The number of hydrogen-bond donors (Lipinski definition) is 0. The molecule has 0 aromatic heterocycles. The van der Waals surface area contributed by atoms with Gasteiger partial charge in [-0.1, -0.05) is 18.2 Å². The summed E-state index contributed by atoms with van der Waals surface area (Å²) in [5, 5.41) is 0.916. The zero-order chi connectivity index (χ0) is 19.7. The Morgan fingerprint density at radius 1 is 1.00 bits per heavy atom. The second-order valence-electron chi connectivity index (χ2n) is 6.98. The zero-order valence-electron chi connectivity index (χ0n) is 15.3. The summed E-state index contributed by atoms with van der Waals surface area (Å²) in [6.45, 7) is 1.69. The van der Waals surface area contributed by atoms with Crippen LogP contribution in [0.15, 0.2) is 53.5 Å². The molecular weight excluding hydrogens is 370 g/mol. The molecular formula is C22H13N3O4. The summed E-state index contributed by atoms with van der Waals surface area (Å²) < 4.78 is 12.3. The first kappa shape index (κ1) is 16.0. The number of hydrogen-bond acceptors (Lipinski definition) is 5. The van der Waals surface area contributed by atoms with E-state index < -0.39 is 5.91 Å². The maximum atomic E-state index is 13.0. The van der Waals surface area contributed by atoms with Crippen molar-refractivity contribution < 1.29 is 19.1 Å². The second-order valence-corrected chi connectivity index (χ2v) is 6.98. The first-order chi connectivity index (χ1) is 14.1. The molecule has 0 N–H and O–H groups in total. The Balaban J connectivity index is 1.76. The third-order valence-corrected chi connectivity index (χ3v) is 5.30. The Labute approximate surface area is 164 Å². The standard InChI is InChI=1S/C22H13N3O4/c1-11-22(27)25-16(21(26)23-11)9-14-13-4-2-3-5-15(13)24-19(14)20(25)12-6-7-17-18(8-12)29-10-28-17/h2-9H,10H2,1H3. The van der Waals surface area contributed by atoms with Crippen molar-refractivity contribution in [2.24, 2.45) is 4.99 Å². The molecule has 0 saturated carbocycles. The second kappa shape index (κ2) is 5.51. The summed E-state index contributed by atoms with van der Waals surface area (Å²) in [6.07, 6.45) is 0. The Hall–Kier alpha value is -4.00. The minimum absolute atomic E-state index is 0.143. The molecule has 0 saturated heterocycles. The molecule has 4 aliphatic rings. The largest absolute Gasteiger partial charge is 0.454 e. The van der Waals surface area contributed by atoms with E-state index in [0.29, 0.717) is 28.5 Å². The molecule has 29 heavy (non-hydrogen) atoms. The van der Waals surface area contributed by atoms with E-state index in [4.69, 9.17) is 14.5 Å². The summed E-state index contributed by atoms with van der Waals surface area (Å²) in [5.74, 6) is 0.433. The highest BCUT2D eigenvalue weighted by Gasteiger charge is 2.32. The predicted molar refractivity (Wildman–Crippen MR) is 106 cm³/mol. The number of fused-ring (bicyclic) bond motifs is 5. The topological polar surface area (TPSA) is 82.8 Å². The SMILES string of the molecule is CC1=NC(=O)c2cc3c4ccccc4nc-3c(-c3ccc4c(c3)OCO4)n2C1=O. The van der Waals surface area contributed by atoms with Crippen molar-refractivity contribution in [3.8, 4) is 34.0 Å². The number of carbonyl (C=O) groups excluding carboxylic acids is 2. The number of benzene rings is 2. The van der Waals surface area contributed by atoms with Crippen LogP contribution in [0.3, 0.4) is 0 Å². The van der Waals surface area contributed by atoms with Crippen LogP contribution in [0.25, 0.3) is 33.4 Å². The van der Waals surface area contributed by atoms with Gasteiger partial charge in [0.2, 0.25) is 6.79 Å². The Bertz CT molecular complexity index is 1380. The zero-order valence-corrected chi connectivity index (χ0v) is 15.3. The van der Waals surface area contributed by atoms with Crippen LogP contribution in [0, 0.1) is 0 Å². The molecule has 4 heterocycles. The highest BCUT2D eigenvalue weighted by molar-refractivity contribution is 6.43. The molecule has 7 heteroatoms. The first-order valence-electron chi connectivity index (χ1n) is 9.10. The van der Waals surface area contributed by atoms with Crippen LogP contribution in [0.1, 0.15) is 22.2 Å². The van der Waals surface area contributed by atoms with Crippen molar-refractivity contribution in [2.45, 2.75) is 6.92 Å². The van der Waals surface area contributed by atoms with Gasteiger partial charge in [-0.25, -0.2) is 9.98 Å². The molecule has 6 rings (SSSR count). The van der Waals surface area contributed by atoms with Gasteiger partial charge in [0, 0.05) is 16.5 Å². The Kier molecular flexibility index (Phi) is 3.04. The maximum absolute atomic E-state index is 13.0. The van der Waals surface area contributed by atoms with Crippen LogP contribution < -0.4 is 9.47 Å². The highest BCUT2D eigenvalue weighted by atomic mass is 16.7. The molecule has 140 valence electrons. The van der Waals surface area contributed by atoms with E-state index in [-0.39, 0.29) is 24.1 Å². The molecule has 0 unspecified atom stereocenters. The molecule has 0 atom stereocenters. The molecule has 0 spiro atoms. The molecule has 1 amide bonds. The van der Waals surface area contributed by atoms with Crippen molar-refractivity contribution in [2.75, 3.05) is 6.79 Å². The van der Waals surface area contributed by atoms with Gasteiger partial charge >= 0.3 is 0 Å². The molecule has 0 fully saturated rings. The number of aliphatic imine (C=N–C) groups is 1. The predicted octanol–water partition coefficient (Wildman–Crippen LogP) is 3.79. The summed E-state index contributed by atoms with van der Waals surface area (Å²) in [6, 6.07) is 14.8. The lowest BCUT2D eigenvalue weighted by atomic mass is 9.99. The lowest BCUT2D eigenvalue weighted by Gasteiger charge is -2.22. The summed E-state index contributed by atoms with van der Waals surface area (Å²) in [7, 11) is 0. The van der Waals surface area contributed by atoms with Gasteiger partial charge in [0.1, 0.15) is 11.4 Å². The summed E-state index contributed by atoms with van der Waals surface area (Å²) >= 11 is 0. The van der Waals surface area contributed by atoms with E-state index in [9.17, 15) is 9.59 Å². The van der Waals surface area contributed by atoms with Gasteiger partial charge in [-0.3, -0.25) is 14.2 Å². The van der Waals surface area contributed by atoms with Gasteiger partial charge < -0.3 is 9.47 Å². The molecule has 0 bridgehead atoms. The fraction of sp³-hybridized carbons (Fsp3) is 0.0909. The number of rotatable bonds is 1. The Morgan fingerprint density at radius 2 is 1.83 bits per heavy atom. The van der Waals surface area contributed by atoms with E-state index >= 15 is 0 Å². The van der Waals surface area contributed by atoms with E-state index in [1.807, 2.05) is 36.4 Å². The molecule has 0 radical (unpaired) electrons. The first-order valence-corrected chi connectivity index (χ1v) is 9.10. The van der Waals surface area contributed by atoms with Crippen molar-refractivity contribution in [1.82, 2.24) is 9.55 Å². The third-order valence-electron chi connectivity index (χ3n) is 5.30. The maximum Gasteiger partial charge on any atom is 0.294 e. The van der Waals surface area contributed by atoms with E-state index in [1.165, 1.54) is 4.57 Å². The van der Waals surface area contributed by atoms with Gasteiger partial charge in [-0.05, 0) is 37.3 Å². The number of amides is 1. The smallest absolute Gasteiger partial charge is 0.294 e. The third kappa shape index (κ3) is 2.12. The summed E-state index contributed by atoms with van der Waals surface area (Å²) in [4.78, 5) is 34.4. The lowest BCUT2D eigenvalue weighted by Crippen LogP contribution is -2.31. The number of ether oxygens (including phenoxy) is 2. The fourth-order valence-corrected chi connectivity index (χ4v) is 3.96. The van der Waals surface area contributed by atoms with Crippen molar-refractivity contribution in [1.29, 1.82) is 0 Å². The van der Waals surface area contributed by atoms with Gasteiger partial charge in [0.25, 0.3) is 11.8 Å². The number of aromatic nitrogens is 2. The van der Waals surface area contributed by atoms with Crippen LogP contribution in [0.2, 0.25) is 0 Å². The lowest BCUT2D eigenvalue weighted by molar-refractivity contribution is 0.0921. The normalized spacial score (nSPS) is 15.1. The van der Waals surface area contributed by atoms with Gasteiger partial charge in [-0.2, -0.15) is 0 Å². The minimum atomic E-state index is -0.448. The van der Waals surface area contributed by atoms with Crippen LogP contribution in [-0.4, -0.2) is 33.9 Å². The highest BCUT2D eigenvalue weighted by Crippen LogP contribution is 2.43. The van der Waals surface area contributed by atoms with Crippen molar-refractivity contribution >= 4 is 28.4 Å². The molecule has 2 aromatic carbocycles. The number of pyridine rings is 1. The van der Waals surface area contributed by atoms with Gasteiger partial charge in [0.15, 0.2) is 11.5 Å². The van der Waals surface area contributed by atoms with Gasteiger partial charge in [0.05, 0.1) is 16.9 Å². The van der Waals surface area contributed by atoms with Crippen LogP contribution in [0.4, 0.5) is 0 Å². The number of para-hydroxylation sites is 1. The van der Waals surface area contributed by atoms with E-state index in [2.05, 4.69) is 4.99 Å². The fourth-order valence-electron chi connectivity index (χ4n) is 3.96. The molecule has 7 nitrogen and oxygen atoms in total. The Morgan fingerprint density at radius 3 is 2.72 bits per heavy atom. The molecule has 2 aromatic rings. The van der Waals surface area contributed by atoms with Crippen LogP contribution in [0.5, 0.6) is 11.5 Å². The molecule has 4 aliphatic heterocycles.